The Kier molecular flexibility index (Phi) is 7.45. The van der Waals surface area contributed by atoms with Crippen LogP contribution in [0, 0.1) is 5.92 Å². The second-order valence-electron chi connectivity index (χ2n) is 4.42. The van der Waals surface area contributed by atoms with E-state index < -0.39 is 0 Å². The van der Waals surface area contributed by atoms with Crippen molar-refractivity contribution in [1.29, 1.82) is 0 Å². The van der Waals surface area contributed by atoms with E-state index in [0.717, 1.165) is 22.9 Å². The van der Waals surface area contributed by atoms with E-state index in [1.165, 1.54) is 6.08 Å². The van der Waals surface area contributed by atoms with Crippen LogP contribution in [0.4, 0.5) is 0 Å². The van der Waals surface area contributed by atoms with Crippen LogP contribution < -0.4 is 5.32 Å². The summed E-state index contributed by atoms with van der Waals surface area (Å²) in [7, 11) is 0. The van der Waals surface area contributed by atoms with Crippen molar-refractivity contribution in [2.24, 2.45) is 5.92 Å². The molecule has 0 radical (unpaired) electrons. The van der Waals surface area contributed by atoms with Crippen LogP contribution in [-0.4, -0.2) is 24.2 Å². The number of carbonyl (C=O) groups is 1. The minimum Gasteiger partial charge on any atom is -0.396 e. The van der Waals surface area contributed by atoms with Crippen LogP contribution in [0.1, 0.15) is 25.3 Å². The summed E-state index contributed by atoms with van der Waals surface area (Å²) in [6.45, 7) is 2.84. The first kappa shape index (κ1) is 15.9. The molecule has 0 aliphatic heterocycles. The van der Waals surface area contributed by atoms with E-state index >= 15 is 0 Å². The van der Waals surface area contributed by atoms with Gasteiger partial charge in [-0.2, -0.15) is 0 Å². The third kappa shape index (κ3) is 6.55. The molecule has 0 aliphatic carbocycles. The monoisotopic (exact) mass is 325 g/mol. The molecular weight excluding hydrogens is 306 g/mol. The number of nitrogens with one attached hydrogen (secondary N) is 1. The maximum atomic E-state index is 11.7. The number of hydrogen-bond acceptors (Lipinski definition) is 2. The van der Waals surface area contributed by atoms with Crippen molar-refractivity contribution in [3.8, 4) is 0 Å². The molecule has 19 heavy (non-hydrogen) atoms. The van der Waals surface area contributed by atoms with Crippen molar-refractivity contribution in [2.75, 3.05) is 13.2 Å². The molecule has 4 heteroatoms. The predicted molar refractivity (Wildman–Crippen MR) is 81.7 cm³/mol. The summed E-state index contributed by atoms with van der Waals surface area (Å²) in [5, 5.41) is 11.7. The third-order valence-electron chi connectivity index (χ3n) is 2.96. The van der Waals surface area contributed by atoms with Crippen molar-refractivity contribution in [3.63, 3.8) is 0 Å². The molecule has 1 rings (SSSR count). The summed E-state index contributed by atoms with van der Waals surface area (Å²) < 4.78 is 0.990. The van der Waals surface area contributed by atoms with Gasteiger partial charge in [-0.15, -0.1) is 0 Å². The molecule has 0 aliphatic rings. The Morgan fingerprint density at radius 3 is 2.95 bits per heavy atom. The number of aliphatic hydroxyl groups excluding tert-OH is 1. The lowest BCUT2D eigenvalue weighted by Gasteiger charge is -2.13. The first-order valence-corrected chi connectivity index (χ1v) is 7.27. The van der Waals surface area contributed by atoms with Gasteiger partial charge in [0.1, 0.15) is 0 Å². The summed E-state index contributed by atoms with van der Waals surface area (Å²) in [5.74, 6) is 0.240. The lowest BCUT2D eigenvalue weighted by molar-refractivity contribution is -0.116. The van der Waals surface area contributed by atoms with Crippen LogP contribution in [0.25, 0.3) is 6.08 Å². The number of carbonyl (C=O) groups excluding carboxylic acids is 1. The van der Waals surface area contributed by atoms with E-state index in [2.05, 4.69) is 28.2 Å². The molecule has 0 saturated heterocycles. The van der Waals surface area contributed by atoms with Crippen LogP contribution in [0.3, 0.4) is 0 Å². The van der Waals surface area contributed by atoms with E-state index in [9.17, 15) is 4.79 Å². The number of amides is 1. The van der Waals surface area contributed by atoms with Crippen molar-refractivity contribution in [3.05, 3.63) is 40.4 Å². The van der Waals surface area contributed by atoms with Gasteiger partial charge in [0.15, 0.2) is 0 Å². The maximum absolute atomic E-state index is 11.7. The molecule has 3 nitrogen and oxygen atoms in total. The maximum Gasteiger partial charge on any atom is 0.244 e. The molecule has 1 aromatic carbocycles. The molecule has 1 atom stereocenters. The van der Waals surface area contributed by atoms with Gasteiger partial charge in [0.05, 0.1) is 0 Å². The number of benzene rings is 1. The van der Waals surface area contributed by atoms with Gasteiger partial charge in [-0.25, -0.2) is 0 Å². The highest BCUT2D eigenvalue weighted by Gasteiger charge is 2.06. The highest BCUT2D eigenvalue weighted by atomic mass is 79.9. The highest BCUT2D eigenvalue weighted by molar-refractivity contribution is 9.10. The van der Waals surface area contributed by atoms with Gasteiger partial charge in [-0.3, -0.25) is 4.79 Å². The molecule has 1 amide bonds. The Bertz CT molecular complexity index is 432. The molecule has 0 saturated carbocycles. The molecule has 2 N–H and O–H groups in total. The number of rotatable bonds is 7. The van der Waals surface area contributed by atoms with E-state index in [1.54, 1.807) is 6.08 Å². The fourth-order valence-corrected chi connectivity index (χ4v) is 2.14. The van der Waals surface area contributed by atoms with Gasteiger partial charge in [-0.1, -0.05) is 41.4 Å². The molecule has 0 spiro atoms. The van der Waals surface area contributed by atoms with Crippen molar-refractivity contribution < 1.29 is 9.90 Å². The van der Waals surface area contributed by atoms with Crippen LogP contribution in [0.5, 0.6) is 0 Å². The van der Waals surface area contributed by atoms with E-state index in [4.69, 9.17) is 5.11 Å². The quantitative estimate of drug-likeness (QED) is 0.757. The van der Waals surface area contributed by atoms with E-state index in [-0.39, 0.29) is 12.5 Å². The van der Waals surface area contributed by atoms with Gasteiger partial charge >= 0.3 is 0 Å². The molecule has 0 fully saturated rings. The van der Waals surface area contributed by atoms with E-state index in [1.807, 2.05) is 24.3 Å². The van der Waals surface area contributed by atoms with Gasteiger partial charge in [0.25, 0.3) is 0 Å². The minimum atomic E-state index is -0.101. The zero-order valence-corrected chi connectivity index (χ0v) is 12.7. The lowest BCUT2D eigenvalue weighted by atomic mass is 10.0. The topological polar surface area (TPSA) is 49.3 Å². The van der Waals surface area contributed by atoms with Crippen LogP contribution in [0.2, 0.25) is 0 Å². The summed E-state index contributed by atoms with van der Waals surface area (Å²) in [6, 6.07) is 7.76. The first-order valence-electron chi connectivity index (χ1n) is 6.48. The SMILES string of the molecule is CCC(CCO)CNC(=O)C=Cc1cccc(Br)c1. The highest BCUT2D eigenvalue weighted by Crippen LogP contribution is 2.12. The number of halogens is 1. The zero-order chi connectivity index (χ0) is 14.1. The number of hydrogen-bond donors (Lipinski definition) is 2. The Morgan fingerprint density at radius 1 is 1.53 bits per heavy atom. The summed E-state index contributed by atoms with van der Waals surface area (Å²) in [6.07, 6.45) is 5.00. The fourth-order valence-electron chi connectivity index (χ4n) is 1.72. The molecule has 104 valence electrons. The minimum absolute atomic E-state index is 0.101. The van der Waals surface area contributed by atoms with Crippen molar-refractivity contribution >= 4 is 27.9 Å². The van der Waals surface area contributed by atoms with E-state index in [0.29, 0.717) is 12.5 Å². The average Bonchev–Trinajstić information content (AvgIpc) is 2.41. The van der Waals surface area contributed by atoms with Crippen LogP contribution in [-0.2, 0) is 4.79 Å². The average molecular weight is 326 g/mol. The van der Waals surface area contributed by atoms with Gasteiger partial charge in [0.2, 0.25) is 5.91 Å². The summed E-state index contributed by atoms with van der Waals surface area (Å²) in [5.41, 5.74) is 0.979. The lowest BCUT2D eigenvalue weighted by Crippen LogP contribution is -2.28. The van der Waals surface area contributed by atoms with Gasteiger partial charge in [-0.05, 0) is 36.1 Å². The molecule has 1 aromatic rings. The zero-order valence-electron chi connectivity index (χ0n) is 11.1. The normalized spacial score (nSPS) is 12.6. The van der Waals surface area contributed by atoms with Gasteiger partial charge < -0.3 is 10.4 Å². The Labute approximate surface area is 122 Å². The predicted octanol–water partition coefficient (Wildman–Crippen LogP) is 2.99. The van der Waals surface area contributed by atoms with Crippen LogP contribution >= 0.6 is 15.9 Å². The van der Waals surface area contributed by atoms with Crippen LogP contribution in [0.15, 0.2) is 34.8 Å². The first-order chi connectivity index (χ1) is 9.15. The molecule has 0 aromatic heterocycles. The summed E-state index contributed by atoms with van der Waals surface area (Å²) >= 11 is 3.39. The molecular formula is C15H20BrNO2. The van der Waals surface area contributed by atoms with Crippen molar-refractivity contribution in [2.45, 2.75) is 19.8 Å². The smallest absolute Gasteiger partial charge is 0.244 e. The van der Waals surface area contributed by atoms with Gasteiger partial charge in [0, 0.05) is 23.7 Å². The second-order valence-corrected chi connectivity index (χ2v) is 5.34. The standard InChI is InChI=1S/C15H20BrNO2/c1-2-12(8-9-18)11-17-15(19)7-6-13-4-3-5-14(16)10-13/h3-7,10,12,18H,2,8-9,11H2,1H3,(H,17,19). The summed E-state index contributed by atoms with van der Waals surface area (Å²) in [4.78, 5) is 11.7. The molecule has 0 bridgehead atoms. The third-order valence-corrected chi connectivity index (χ3v) is 3.45. The van der Waals surface area contributed by atoms with Crippen molar-refractivity contribution in [1.82, 2.24) is 5.32 Å². The number of aliphatic hydroxyl groups is 1. The molecule has 0 heterocycles. The largest absolute Gasteiger partial charge is 0.396 e. The Hall–Kier alpha value is -1.13. The Balaban J connectivity index is 2.42. The molecule has 1 unspecified atom stereocenters. The Morgan fingerprint density at radius 2 is 2.32 bits per heavy atom. The fraction of sp³-hybridized carbons (Fsp3) is 0.400. The second kappa shape index (κ2) is 8.88.